The predicted octanol–water partition coefficient (Wildman–Crippen LogP) is -0.948. The Hall–Kier alpha value is -0.760. The fourth-order valence-corrected chi connectivity index (χ4v) is 2.29. The van der Waals surface area contributed by atoms with Gasteiger partial charge < -0.3 is 20.5 Å². The molecule has 2 heterocycles. The van der Waals surface area contributed by atoms with E-state index in [2.05, 4.69) is 34.4 Å². The van der Waals surface area contributed by atoms with Gasteiger partial charge in [0, 0.05) is 26.2 Å². The van der Waals surface area contributed by atoms with Gasteiger partial charge in [-0.05, 0) is 12.0 Å². The lowest BCUT2D eigenvalue weighted by Gasteiger charge is -2.34. The molecule has 1 aliphatic carbocycles. The predicted molar refractivity (Wildman–Crippen MR) is 77.1 cm³/mol. The van der Waals surface area contributed by atoms with E-state index in [9.17, 15) is 0 Å². The molecular weight excluding hydrogens is 256 g/mol. The van der Waals surface area contributed by atoms with Crippen molar-refractivity contribution >= 4 is 0 Å². The lowest BCUT2D eigenvalue weighted by atomic mass is 9.88. The van der Waals surface area contributed by atoms with Crippen LogP contribution in [0.25, 0.3) is 0 Å². The molecule has 2 fully saturated rings. The van der Waals surface area contributed by atoms with E-state index in [-0.39, 0.29) is 5.54 Å². The van der Waals surface area contributed by atoms with Crippen molar-refractivity contribution in [1.29, 1.82) is 0 Å². The molecule has 6 nitrogen and oxygen atoms in total. The van der Waals surface area contributed by atoms with Crippen molar-refractivity contribution < 1.29 is 9.47 Å². The van der Waals surface area contributed by atoms with Crippen LogP contribution in [0.3, 0.4) is 0 Å². The normalized spacial score (nSPS) is 35.0. The smallest absolute Gasteiger partial charge is 0.0947 e. The summed E-state index contributed by atoms with van der Waals surface area (Å²) >= 11 is 0. The van der Waals surface area contributed by atoms with E-state index >= 15 is 0 Å². The van der Waals surface area contributed by atoms with Crippen LogP contribution in [0.4, 0.5) is 0 Å². The topological polar surface area (TPSA) is 87.2 Å². The number of hydrogen-bond donors (Lipinski definition) is 4. The average molecular weight is 280 g/mol. The summed E-state index contributed by atoms with van der Waals surface area (Å²) in [5, 5.41) is 3.61. The molecule has 6 heteroatoms. The summed E-state index contributed by atoms with van der Waals surface area (Å²) in [4.78, 5) is 0. The first-order chi connectivity index (χ1) is 9.80. The Labute approximate surface area is 119 Å². The number of epoxide rings is 2. The first kappa shape index (κ1) is 14.2. The molecule has 112 valence electrons. The van der Waals surface area contributed by atoms with E-state index in [1.54, 1.807) is 0 Å². The Morgan fingerprint density at radius 2 is 1.95 bits per heavy atom. The second kappa shape index (κ2) is 6.34. The summed E-state index contributed by atoms with van der Waals surface area (Å²) in [6, 6.07) is 0. The summed E-state index contributed by atoms with van der Waals surface area (Å²) in [6.45, 7) is 4.92. The molecular formula is C14H24N4O2. The van der Waals surface area contributed by atoms with Crippen molar-refractivity contribution in [3.05, 3.63) is 23.8 Å². The number of rotatable bonds is 9. The first-order valence-corrected chi connectivity index (χ1v) is 7.32. The highest BCUT2D eigenvalue weighted by molar-refractivity contribution is 5.30. The van der Waals surface area contributed by atoms with Crippen LogP contribution in [-0.4, -0.2) is 57.1 Å². The second-order valence-corrected chi connectivity index (χ2v) is 5.70. The monoisotopic (exact) mass is 280 g/mol. The third-order valence-electron chi connectivity index (χ3n) is 3.93. The molecule has 3 aliphatic rings. The highest BCUT2D eigenvalue weighted by atomic mass is 16.6. The number of hydrazine groups is 1. The zero-order valence-electron chi connectivity index (χ0n) is 11.7. The first-order valence-electron chi connectivity index (χ1n) is 7.32. The maximum absolute atomic E-state index is 5.68. The van der Waals surface area contributed by atoms with Crippen LogP contribution in [0.15, 0.2) is 23.8 Å². The van der Waals surface area contributed by atoms with Crippen LogP contribution < -0.4 is 21.9 Å². The van der Waals surface area contributed by atoms with Gasteiger partial charge in [0.25, 0.3) is 0 Å². The Morgan fingerprint density at radius 3 is 2.55 bits per heavy atom. The highest BCUT2D eigenvalue weighted by Gasteiger charge is 2.31. The van der Waals surface area contributed by atoms with E-state index in [1.165, 1.54) is 5.57 Å². The summed E-state index contributed by atoms with van der Waals surface area (Å²) in [7, 11) is 0. The second-order valence-electron chi connectivity index (χ2n) is 5.70. The number of nitrogens with two attached hydrogens (primary N) is 1. The van der Waals surface area contributed by atoms with E-state index < -0.39 is 0 Å². The lowest BCUT2D eigenvalue weighted by Crippen LogP contribution is -2.55. The van der Waals surface area contributed by atoms with Gasteiger partial charge in [-0.25, -0.2) is 0 Å². The number of nitrogens with one attached hydrogen (secondary N) is 3. The molecule has 0 aromatic heterocycles. The molecule has 0 bridgehead atoms. The van der Waals surface area contributed by atoms with E-state index in [4.69, 9.17) is 15.2 Å². The SMILES string of the molecule is NCC1=CCC(CNNCC2CO2)(NCC2CO2)C=C1. The van der Waals surface area contributed by atoms with Crippen molar-refractivity contribution in [1.82, 2.24) is 16.2 Å². The molecule has 0 aromatic carbocycles. The minimum absolute atomic E-state index is 0.0674. The minimum Gasteiger partial charge on any atom is -0.372 e. The van der Waals surface area contributed by atoms with Gasteiger partial charge in [-0.15, -0.1) is 0 Å². The van der Waals surface area contributed by atoms with Gasteiger partial charge >= 0.3 is 0 Å². The van der Waals surface area contributed by atoms with Gasteiger partial charge in [0.05, 0.1) is 31.0 Å². The molecule has 3 atom stereocenters. The molecule has 3 rings (SSSR count). The maximum Gasteiger partial charge on any atom is 0.0947 e. The lowest BCUT2D eigenvalue weighted by molar-refractivity contribution is 0.316. The largest absolute Gasteiger partial charge is 0.372 e. The van der Waals surface area contributed by atoms with Gasteiger partial charge in [0.15, 0.2) is 0 Å². The fourth-order valence-electron chi connectivity index (χ4n) is 2.29. The third kappa shape index (κ3) is 4.12. The summed E-state index contributed by atoms with van der Waals surface area (Å²) < 4.78 is 10.4. The van der Waals surface area contributed by atoms with Crippen LogP contribution in [0.5, 0.6) is 0 Å². The summed E-state index contributed by atoms with van der Waals surface area (Å²) in [5.41, 5.74) is 13.3. The molecule has 0 radical (unpaired) electrons. The summed E-state index contributed by atoms with van der Waals surface area (Å²) in [5.74, 6) is 0. The van der Waals surface area contributed by atoms with E-state index in [1.807, 2.05) is 0 Å². The molecule has 20 heavy (non-hydrogen) atoms. The van der Waals surface area contributed by atoms with Crippen molar-refractivity contribution in [2.75, 3.05) is 39.4 Å². The van der Waals surface area contributed by atoms with Crippen LogP contribution in [0, 0.1) is 0 Å². The molecule has 5 N–H and O–H groups in total. The molecule has 2 aliphatic heterocycles. The molecule has 0 amide bonds. The molecule has 3 unspecified atom stereocenters. The van der Waals surface area contributed by atoms with Gasteiger partial charge in [0.2, 0.25) is 0 Å². The Balaban J connectivity index is 1.49. The van der Waals surface area contributed by atoms with Crippen molar-refractivity contribution in [3.8, 4) is 0 Å². The van der Waals surface area contributed by atoms with Gasteiger partial charge in [0.1, 0.15) is 0 Å². The number of ether oxygens (including phenoxy) is 2. The van der Waals surface area contributed by atoms with E-state index in [0.717, 1.165) is 39.3 Å². The van der Waals surface area contributed by atoms with Crippen LogP contribution >= 0.6 is 0 Å². The van der Waals surface area contributed by atoms with Gasteiger partial charge in [-0.3, -0.25) is 10.9 Å². The van der Waals surface area contributed by atoms with Gasteiger partial charge in [-0.1, -0.05) is 18.2 Å². The van der Waals surface area contributed by atoms with Crippen LogP contribution in [0.1, 0.15) is 6.42 Å². The van der Waals surface area contributed by atoms with Crippen molar-refractivity contribution in [2.45, 2.75) is 24.2 Å². The quantitative estimate of drug-likeness (QED) is 0.247. The maximum atomic E-state index is 5.68. The zero-order chi connectivity index (χ0) is 13.8. The molecule has 0 spiro atoms. The van der Waals surface area contributed by atoms with Crippen LogP contribution in [0.2, 0.25) is 0 Å². The van der Waals surface area contributed by atoms with Crippen molar-refractivity contribution in [3.63, 3.8) is 0 Å². The fraction of sp³-hybridized carbons (Fsp3) is 0.714. The zero-order valence-corrected chi connectivity index (χ0v) is 11.7. The average Bonchev–Trinajstić information content (AvgIpc) is 3.37. The van der Waals surface area contributed by atoms with Gasteiger partial charge in [-0.2, -0.15) is 0 Å². The molecule has 0 aromatic rings. The standard InChI is InChI=1S/C14H24N4O2/c15-5-11-1-3-14(4-2-11,16-6-12-8-19-12)10-18-17-7-13-9-20-13/h1-3,12-13,16-18H,4-10,15H2. The minimum atomic E-state index is -0.0674. The van der Waals surface area contributed by atoms with Crippen LogP contribution in [-0.2, 0) is 9.47 Å². The Kier molecular flexibility index (Phi) is 4.50. The number of hydrogen-bond acceptors (Lipinski definition) is 6. The third-order valence-corrected chi connectivity index (χ3v) is 3.93. The van der Waals surface area contributed by atoms with E-state index in [0.29, 0.717) is 18.8 Å². The summed E-state index contributed by atoms with van der Waals surface area (Å²) in [6.07, 6.45) is 8.27. The molecule has 2 saturated heterocycles. The molecule has 0 saturated carbocycles. The van der Waals surface area contributed by atoms with Crippen molar-refractivity contribution in [2.24, 2.45) is 5.73 Å². The highest BCUT2D eigenvalue weighted by Crippen LogP contribution is 2.21. The Morgan fingerprint density at radius 1 is 1.20 bits per heavy atom. The Bertz CT molecular complexity index is 391.